The zero-order valence-electron chi connectivity index (χ0n) is 8.34. The van der Waals surface area contributed by atoms with Gasteiger partial charge < -0.3 is 0 Å². The lowest BCUT2D eigenvalue weighted by Crippen LogP contribution is -1.76. The van der Waals surface area contributed by atoms with Gasteiger partial charge in [0.25, 0.3) is 0 Å². The van der Waals surface area contributed by atoms with Crippen LogP contribution in [0.2, 0.25) is 0 Å². The fraction of sp³-hybridized carbons (Fsp3) is 0.538. The Morgan fingerprint density at radius 3 is 2.69 bits per heavy atom. The van der Waals surface area contributed by atoms with Crippen molar-refractivity contribution in [3.05, 3.63) is 36.5 Å². The van der Waals surface area contributed by atoms with Crippen molar-refractivity contribution >= 4 is 0 Å². The molecule has 0 nitrogen and oxygen atoms in total. The number of allylic oxidation sites excluding steroid dienone is 6. The Labute approximate surface area is 82.0 Å². The van der Waals surface area contributed by atoms with Crippen LogP contribution in [-0.2, 0) is 0 Å². The highest BCUT2D eigenvalue weighted by molar-refractivity contribution is 5.04. The molecule has 0 heteroatoms. The summed E-state index contributed by atoms with van der Waals surface area (Å²) in [5.74, 6) is 0. The third-order valence-corrected chi connectivity index (χ3v) is 2.22. The summed E-state index contributed by atoms with van der Waals surface area (Å²) in [6.45, 7) is 0. The largest absolute Gasteiger partial charge is 0.0845 e. The highest BCUT2D eigenvalue weighted by Gasteiger charge is 1.87. The maximum absolute atomic E-state index is 3.32. The molecular weight excluding hydrogens is 156 g/mol. The van der Waals surface area contributed by atoms with Crippen molar-refractivity contribution in [3.63, 3.8) is 0 Å². The number of hydrogen-bond acceptors (Lipinski definition) is 0. The van der Waals surface area contributed by atoms with E-state index in [1.54, 1.807) is 0 Å². The molecule has 0 saturated carbocycles. The second-order valence-corrected chi connectivity index (χ2v) is 3.45. The summed E-state index contributed by atoms with van der Waals surface area (Å²) in [6, 6.07) is 0. The normalized spacial score (nSPS) is 27.7. The predicted octanol–water partition coefficient (Wildman–Crippen LogP) is 4.20. The van der Waals surface area contributed by atoms with Gasteiger partial charge in [-0.1, -0.05) is 43.2 Å². The minimum atomic E-state index is 1.03. The summed E-state index contributed by atoms with van der Waals surface area (Å²) in [7, 11) is 0. The van der Waals surface area contributed by atoms with Crippen LogP contribution in [-0.4, -0.2) is 0 Å². The molecule has 0 saturated heterocycles. The first-order valence-corrected chi connectivity index (χ1v) is 5.37. The number of rotatable bonds is 0. The highest BCUT2D eigenvalue weighted by Crippen LogP contribution is 2.07. The van der Waals surface area contributed by atoms with Gasteiger partial charge in [-0.15, -0.1) is 0 Å². The van der Waals surface area contributed by atoms with Crippen molar-refractivity contribution in [3.8, 4) is 0 Å². The molecule has 0 heterocycles. The van der Waals surface area contributed by atoms with E-state index in [0.29, 0.717) is 0 Å². The molecule has 1 aliphatic rings. The van der Waals surface area contributed by atoms with Crippen LogP contribution < -0.4 is 0 Å². The maximum atomic E-state index is 3.32. The third kappa shape index (κ3) is 6.39. The Bertz CT molecular complexity index is 184. The molecule has 1 rings (SSSR count). The summed E-state index contributed by atoms with van der Waals surface area (Å²) in [5.41, 5.74) is 0. The Kier molecular flexibility index (Phi) is 6.22. The molecule has 0 N–H and O–H groups in total. The van der Waals surface area contributed by atoms with Gasteiger partial charge in [0.15, 0.2) is 0 Å². The smallest absolute Gasteiger partial charge is 0.0160 e. The van der Waals surface area contributed by atoms with E-state index in [1.807, 2.05) is 0 Å². The lowest BCUT2D eigenvalue weighted by atomic mass is 10.1. The first-order valence-electron chi connectivity index (χ1n) is 5.37. The fourth-order valence-electron chi connectivity index (χ4n) is 1.43. The van der Waals surface area contributed by atoms with E-state index < -0.39 is 0 Å². The lowest BCUT2D eigenvalue weighted by molar-refractivity contribution is 0.648. The molecule has 0 aromatic heterocycles. The van der Waals surface area contributed by atoms with Crippen molar-refractivity contribution in [1.29, 1.82) is 0 Å². The van der Waals surface area contributed by atoms with Crippen LogP contribution in [0.1, 0.15) is 44.9 Å². The van der Waals surface area contributed by atoms with Crippen LogP contribution >= 0.6 is 0 Å². The standard InChI is InChI=1S/C13H19/c1-2-4-6-8-10-12-13-11-9-7-5-3-1/h1-4,7H,5-6,8,10-13H2/b3-1+,4-2-,9-7?. The minimum Gasteiger partial charge on any atom is -0.0845 e. The molecule has 0 aliphatic heterocycles. The molecule has 71 valence electrons. The van der Waals surface area contributed by atoms with Gasteiger partial charge in [-0.3, -0.25) is 0 Å². The summed E-state index contributed by atoms with van der Waals surface area (Å²) in [5, 5.41) is 0. The van der Waals surface area contributed by atoms with Crippen LogP contribution in [0.5, 0.6) is 0 Å². The lowest BCUT2D eigenvalue weighted by Gasteiger charge is -1.95. The van der Waals surface area contributed by atoms with Crippen LogP contribution in [0.3, 0.4) is 0 Å². The molecule has 1 aliphatic carbocycles. The summed E-state index contributed by atoms with van der Waals surface area (Å²) < 4.78 is 0. The molecule has 13 heavy (non-hydrogen) atoms. The van der Waals surface area contributed by atoms with Gasteiger partial charge in [0.1, 0.15) is 0 Å². The van der Waals surface area contributed by atoms with Crippen LogP contribution in [0.15, 0.2) is 30.4 Å². The Morgan fingerprint density at radius 2 is 1.69 bits per heavy atom. The van der Waals surface area contributed by atoms with Gasteiger partial charge in [-0.2, -0.15) is 0 Å². The molecule has 0 aromatic rings. The van der Waals surface area contributed by atoms with Crippen molar-refractivity contribution in [2.24, 2.45) is 0 Å². The molecule has 0 unspecified atom stereocenters. The van der Waals surface area contributed by atoms with E-state index >= 15 is 0 Å². The maximum Gasteiger partial charge on any atom is -0.0160 e. The average molecular weight is 175 g/mol. The quantitative estimate of drug-likeness (QED) is 0.517. The molecular formula is C13H19. The van der Waals surface area contributed by atoms with Crippen molar-refractivity contribution in [2.75, 3.05) is 0 Å². The Hall–Kier alpha value is -0.780. The van der Waals surface area contributed by atoms with Gasteiger partial charge in [-0.25, -0.2) is 0 Å². The molecule has 0 spiro atoms. The second-order valence-electron chi connectivity index (χ2n) is 3.45. The zero-order valence-corrected chi connectivity index (χ0v) is 8.34. The summed E-state index contributed by atoms with van der Waals surface area (Å²) in [6.07, 6.45) is 23.0. The molecule has 0 aromatic carbocycles. The summed E-state index contributed by atoms with van der Waals surface area (Å²) >= 11 is 0. The van der Waals surface area contributed by atoms with E-state index in [-0.39, 0.29) is 0 Å². The topological polar surface area (TPSA) is 0 Å². The monoisotopic (exact) mass is 175 g/mol. The minimum absolute atomic E-state index is 1.03. The van der Waals surface area contributed by atoms with Crippen LogP contribution in [0.25, 0.3) is 0 Å². The molecule has 0 fully saturated rings. The molecule has 0 atom stereocenters. The SMILES string of the molecule is [C]1=C/C/C=C/C=C\CCCCCC/1. The van der Waals surface area contributed by atoms with Crippen LogP contribution in [0.4, 0.5) is 0 Å². The zero-order chi connectivity index (χ0) is 9.19. The van der Waals surface area contributed by atoms with Gasteiger partial charge in [0.2, 0.25) is 0 Å². The molecule has 0 amide bonds. The Morgan fingerprint density at radius 1 is 0.846 bits per heavy atom. The molecule has 0 bridgehead atoms. The predicted molar refractivity (Wildman–Crippen MR) is 58.4 cm³/mol. The van der Waals surface area contributed by atoms with E-state index in [0.717, 1.165) is 12.8 Å². The average Bonchev–Trinajstić information content (AvgIpc) is 2.18. The van der Waals surface area contributed by atoms with Crippen molar-refractivity contribution in [2.45, 2.75) is 44.9 Å². The van der Waals surface area contributed by atoms with Crippen molar-refractivity contribution < 1.29 is 0 Å². The van der Waals surface area contributed by atoms with Crippen LogP contribution in [0, 0.1) is 6.08 Å². The van der Waals surface area contributed by atoms with E-state index in [4.69, 9.17) is 0 Å². The fourth-order valence-corrected chi connectivity index (χ4v) is 1.43. The third-order valence-electron chi connectivity index (χ3n) is 2.22. The molecule has 1 radical (unpaired) electrons. The van der Waals surface area contributed by atoms with Gasteiger partial charge in [-0.05, 0) is 38.2 Å². The number of hydrogen-bond donors (Lipinski definition) is 0. The Balaban J connectivity index is 2.29. The van der Waals surface area contributed by atoms with Crippen molar-refractivity contribution in [1.82, 2.24) is 0 Å². The van der Waals surface area contributed by atoms with E-state index in [1.165, 1.54) is 32.1 Å². The van der Waals surface area contributed by atoms with Gasteiger partial charge >= 0.3 is 0 Å². The van der Waals surface area contributed by atoms with Gasteiger partial charge in [0, 0.05) is 0 Å². The first-order chi connectivity index (χ1) is 6.50. The first kappa shape index (κ1) is 10.3. The van der Waals surface area contributed by atoms with E-state index in [9.17, 15) is 0 Å². The van der Waals surface area contributed by atoms with Gasteiger partial charge in [0.05, 0.1) is 0 Å². The second kappa shape index (κ2) is 7.85. The summed E-state index contributed by atoms with van der Waals surface area (Å²) in [4.78, 5) is 0. The highest BCUT2D eigenvalue weighted by atomic mass is 13.9. The van der Waals surface area contributed by atoms with E-state index in [2.05, 4.69) is 36.5 Å².